The van der Waals surface area contributed by atoms with Crippen LogP contribution in [-0.4, -0.2) is 56.6 Å². The number of aryl methyl sites for hydroxylation is 1. The van der Waals surface area contributed by atoms with Crippen LogP contribution in [0.2, 0.25) is 0 Å². The number of hydrogen-bond donors (Lipinski definition) is 2. The topological polar surface area (TPSA) is 70.7 Å². The highest BCUT2D eigenvalue weighted by Crippen LogP contribution is 2.17. The molecule has 1 fully saturated rings. The molecule has 6 heteroatoms. The van der Waals surface area contributed by atoms with Crippen molar-refractivity contribution in [3.05, 3.63) is 29.8 Å². The summed E-state index contributed by atoms with van der Waals surface area (Å²) in [6.07, 6.45) is 1.58. The third kappa shape index (κ3) is 5.94. The van der Waals surface area contributed by atoms with E-state index in [1.807, 2.05) is 31.2 Å². The molecule has 0 saturated carbocycles. The van der Waals surface area contributed by atoms with E-state index < -0.39 is 0 Å². The number of anilines is 1. The monoisotopic (exact) mass is 333 g/mol. The molecule has 132 valence electrons. The molecule has 1 heterocycles. The van der Waals surface area contributed by atoms with Crippen molar-refractivity contribution in [1.29, 1.82) is 0 Å². The first-order valence-corrected chi connectivity index (χ1v) is 8.44. The van der Waals surface area contributed by atoms with Crippen LogP contribution in [0.25, 0.3) is 0 Å². The Hall–Kier alpha value is -1.92. The second-order valence-electron chi connectivity index (χ2n) is 6.25. The summed E-state index contributed by atoms with van der Waals surface area (Å²) < 4.78 is 4.93. The highest BCUT2D eigenvalue weighted by atomic mass is 16.5. The molecule has 0 unspecified atom stereocenters. The van der Waals surface area contributed by atoms with Gasteiger partial charge >= 0.3 is 0 Å². The average molecular weight is 333 g/mol. The smallest absolute Gasteiger partial charge is 0.238 e. The first kappa shape index (κ1) is 18.4. The summed E-state index contributed by atoms with van der Waals surface area (Å²) >= 11 is 0. The van der Waals surface area contributed by atoms with E-state index in [1.165, 1.54) is 5.56 Å². The molecule has 0 bridgehead atoms. The lowest BCUT2D eigenvalue weighted by Gasteiger charge is -2.30. The van der Waals surface area contributed by atoms with Crippen molar-refractivity contribution in [2.45, 2.75) is 19.8 Å². The first-order chi connectivity index (χ1) is 11.6. The van der Waals surface area contributed by atoms with E-state index in [2.05, 4.69) is 15.5 Å². The summed E-state index contributed by atoms with van der Waals surface area (Å²) in [4.78, 5) is 26.2. The standard InChI is InChI=1S/C18H27N3O3/c1-14-3-5-16(6-4-14)20-17(22)13-21-10-7-15(8-11-21)18(23)19-9-12-24-2/h3-6,15H,7-13H2,1-2H3,(H,19,23)(H,20,22). The van der Waals surface area contributed by atoms with Gasteiger partial charge in [-0.15, -0.1) is 0 Å². The molecular formula is C18H27N3O3. The van der Waals surface area contributed by atoms with Crippen LogP contribution in [0.1, 0.15) is 18.4 Å². The quantitative estimate of drug-likeness (QED) is 0.740. The Balaban J connectivity index is 1.69. The lowest BCUT2D eigenvalue weighted by atomic mass is 9.96. The number of carbonyl (C=O) groups excluding carboxylic acids is 2. The van der Waals surface area contributed by atoms with Gasteiger partial charge in [0.25, 0.3) is 0 Å². The van der Waals surface area contributed by atoms with Crippen molar-refractivity contribution in [2.75, 3.05) is 45.2 Å². The van der Waals surface area contributed by atoms with E-state index in [9.17, 15) is 9.59 Å². The molecule has 2 amide bonds. The highest BCUT2D eigenvalue weighted by molar-refractivity contribution is 5.92. The minimum absolute atomic E-state index is 0.0122. The predicted molar refractivity (Wildman–Crippen MR) is 93.9 cm³/mol. The fourth-order valence-corrected chi connectivity index (χ4v) is 2.81. The number of likely N-dealkylation sites (tertiary alicyclic amines) is 1. The number of rotatable bonds is 7. The number of ether oxygens (including phenoxy) is 1. The van der Waals surface area contributed by atoms with Gasteiger partial charge in [-0.05, 0) is 45.0 Å². The molecule has 6 nitrogen and oxygen atoms in total. The molecular weight excluding hydrogens is 306 g/mol. The third-order valence-corrected chi connectivity index (χ3v) is 4.27. The lowest BCUT2D eigenvalue weighted by molar-refractivity contribution is -0.126. The molecule has 0 atom stereocenters. The molecule has 24 heavy (non-hydrogen) atoms. The Morgan fingerprint density at radius 3 is 2.50 bits per heavy atom. The van der Waals surface area contributed by atoms with Crippen LogP contribution in [-0.2, 0) is 14.3 Å². The van der Waals surface area contributed by atoms with Crippen LogP contribution >= 0.6 is 0 Å². The number of nitrogens with zero attached hydrogens (tertiary/aromatic N) is 1. The van der Waals surface area contributed by atoms with E-state index in [-0.39, 0.29) is 17.7 Å². The molecule has 1 aliphatic heterocycles. The Kier molecular flexibility index (Phi) is 7.21. The summed E-state index contributed by atoms with van der Waals surface area (Å²) in [5, 5.41) is 5.80. The van der Waals surface area contributed by atoms with Crippen LogP contribution in [0.3, 0.4) is 0 Å². The number of piperidine rings is 1. The maximum absolute atomic E-state index is 12.1. The number of amides is 2. The summed E-state index contributed by atoms with van der Waals surface area (Å²) in [7, 11) is 1.62. The van der Waals surface area contributed by atoms with Gasteiger partial charge in [0.15, 0.2) is 0 Å². The van der Waals surface area contributed by atoms with Gasteiger partial charge in [0.05, 0.1) is 13.2 Å². The van der Waals surface area contributed by atoms with Gasteiger partial charge in [-0.3, -0.25) is 14.5 Å². The Labute approximate surface area is 143 Å². The predicted octanol–water partition coefficient (Wildman–Crippen LogP) is 1.41. The van der Waals surface area contributed by atoms with Crippen LogP contribution in [0.4, 0.5) is 5.69 Å². The molecule has 1 aromatic rings. The second kappa shape index (κ2) is 9.39. The largest absolute Gasteiger partial charge is 0.383 e. The molecule has 0 aliphatic carbocycles. The van der Waals surface area contributed by atoms with Gasteiger partial charge in [0.2, 0.25) is 11.8 Å². The van der Waals surface area contributed by atoms with Crippen molar-refractivity contribution in [2.24, 2.45) is 5.92 Å². The Morgan fingerprint density at radius 1 is 1.21 bits per heavy atom. The SMILES string of the molecule is COCCNC(=O)C1CCN(CC(=O)Nc2ccc(C)cc2)CC1. The molecule has 0 spiro atoms. The van der Waals surface area contributed by atoms with E-state index in [1.54, 1.807) is 7.11 Å². The fraction of sp³-hybridized carbons (Fsp3) is 0.556. The number of nitrogens with one attached hydrogen (secondary N) is 2. The van der Waals surface area contributed by atoms with Crippen LogP contribution in [0, 0.1) is 12.8 Å². The van der Waals surface area contributed by atoms with Crippen molar-refractivity contribution < 1.29 is 14.3 Å². The van der Waals surface area contributed by atoms with E-state index in [0.717, 1.165) is 31.6 Å². The number of methoxy groups -OCH3 is 1. The summed E-state index contributed by atoms with van der Waals surface area (Å²) in [5.74, 6) is 0.121. The van der Waals surface area contributed by atoms with Crippen molar-refractivity contribution in [3.63, 3.8) is 0 Å². The van der Waals surface area contributed by atoms with Crippen LogP contribution < -0.4 is 10.6 Å². The first-order valence-electron chi connectivity index (χ1n) is 8.44. The lowest BCUT2D eigenvalue weighted by Crippen LogP contribution is -2.43. The van der Waals surface area contributed by atoms with Gasteiger partial charge in [0.1, 0.15) is 0 Å². The summed E-state index contributed by atoms with van der Waals surface area (Å²) in [5.41, 5.74) is 1.98. The molecule has 2 rings (SSSR count). The zero-order valence-electron chi connectivity index (χ0n) is 14.5. The Morgan fingerprint density at radius 2 is 1.88 bits per heavy atom. The minimum Gasteiger partial charge on any atom is -0.383 e. The van der Waals surface area contributed by atoms with Crippen LogP contribution in [0.5, 0.6) is 0 Å². The third-order valence-electron chi connectivity index (χ3n) is 4.27. The molecule has 0 radical (unpaired) electrons. The number of benzene rings is 1. The second-order valence-corrected chi connectivity index (χ2v) is 6.25. The summed E-state index contributed by atoms with van der Waals surface area (Å²) in [6.45, 7) is 5.00. The van der Waals surface area contributed by atoms with E-state index >= 15 is 0 Å². The maximum atomic E-state index is 12.1. The molecule has 1 aromatic carbocycles. The van der Waals surface area contributed by atoms with Gasteiger partial charge < -0.3 is 15.4 Å². The van der Waals surface area contributed by atoms with Crippen LogP contribution in [0.15, 0.2) is 24.3 Å². The van der Waals surface area contributed by atoms with E-state index in [0.29, 0.717) is 19.7 Å². The van der Waals surface area contributed by atoms with Gasteiger partial charge in [-0.1, -0.05) is 17.7 Å². The molecule has 1 aliphatic rings. The molecule has 2 N–H and O–H groups in total. The molecule has 1 saturated heterocycles. The summed E-state index contributed by atoms with van der Waals surface area (Å²) in [6, 6.07) is 7.76. The normalized spacial score (nSPS) is 15.9. The highest BCUT2D eigenvalue weighted by Gasteiger charge is 2.25. The Bertz CT molecular complexity index is 537. The fourth-order valence-electron chi connectivity index (χ4n) is 2.81. The van der Waals surface area contributed by atoms with Gasteiger partial charge in [0, 0.05) is 25.3 Å². The van der Waals surface area contributed by atoms with E-state index in [4.69, 9.17) is 4.74 Å². The van der Waals surface area contributed by atoms with Gasteiger partial charge in [-0.2, -0.15) is 0 Å². The average Bonchev–Trinajstić information content (AvgIpc) is 2.58. The zero-order chi connectivity index (χ0) is 17.4. The number of hydrogen-bond acceptors (Lipinski definition) is 4. The van der Waals surface area contributed by atoms with Crippen molar-refractivity contribution in [3.8, 4) is 0 Å². The van der Waals surface area contributed by atoms with Crippen molar-refractivity contribution in [1.82, 2.24) is 10.2 Å². The number of carbonyl (C=O) groups is 2. The zero-order valence-corrected chi connectivity index (χ0v) is 14.5. The van der Waals surface area contributed by atoms with Crippen molar-refractivity contribution >= 4 is 17.5 Å². The maximum Gasteiger partial charge on any atom is 0.238 e. The van der Waals surface area contributed by atoms with Gasteiger partial charge in [-0.25, -0.2) is 0 Å². The minimum atomic E-state index is -0.0122. The molecule has 0 aromatic heterocycles.